The number of rotatable bonds is 2. The van der Waals surface area contributed by atoms with E-state index in [0.717, 1.165) is 5.52 Å². The van der Waals surface area contributed by atoms with Crippen LogP contribution in [0.5, 0.6) is 0 Å². The molecule has 1 heterocycles. The number of oxazole rings is 1. The van der Waals surface area contributed by atoms with Gasteiger partial charge in [-0.2, -0.15) is 4.98 Å². The van der Waals surface area contributed by atoms with Crippen molar-refractivity contribution in [2.45, 2.75) is 13.3 Å². The maximum atomic E-state index is 11.4. The van der Waals surface area contributed by atoms with Crippen molar-refractivity contribution in [3.8, 4) is 0 Å². The highest BCUT2D eigenvalue weighted by molar-refractivity contribution is 5.91. The van der Waals surface area contributed by atoms with Crippen LogP contribution in [0.1, 0.15) is 13.3 Å². The molecular weight excluding hydrogens is 192 g/mol. The summed E-state index contributed by atoms with van der Waals surface area (Å²) in [5, 5.41) is 0. The van der Waals surface area contributed by atoms with Crippen LogP contribution < -0.4 is 4.90 Å². The van der Waals surface area contributed by atoms with Crippen LogP contribution in [0.3, 0.4) is 0 Å². The standard InChI is InChI=1S/C11H12N2O2/c1-3-10(14)13(2)11-12-8-6-4-5-7-9(8)15-11/h4-7H,3H2,1-2H3. The van der Waals surface area contributed by atoms with E-state index in [4.69, 9.17) is 4.42 Å². The van der Waals surface area contributed by atoms with Crippen molar-refractivity contribution < 1.29 is 9.21 Å². The lowest BCUT2D eigenvalue weighted by atomic mass is 10.3. The summed E-state index contributed by atoms with van der Waals surface area (Å²) in [6.45, 7) is 1.81. The fraction of sp³-hybridized carbons (Fsp3) is 0.273. The molecule has 0 spiro atoms. The minimum absolute atomic E-state index is 0.0124. The van der Waals surface area contributed by atoms with E-state index in [9.17, 15) is 4.79 Å². The molecule has 0 atom stereocenters. The summed E-state index contributed by atoms with van der Waals surface area (Å²) in [6, 6.07) is 7.79. The molecule has 0 N–H and O–H groups in total. The third-order valence-corrected chi connectivity index (χ3v) is 2.25. The molecule has 0 unspecified atom stereocenters. The first-order valence-electron chi connectivity index (χ1n) is 4.84. The summed E-state index contributed by atoms with van der Waals surface area (Å²) in [4.78, 5) is 17.1. The molecule has 0 saturated carbocycles. The van der Waals surface area contributed by atoms with Gasteiger partial charge in [0.05, 0.1) is 0 Å². The Morgan fingerprint density at radius 2 is 2.20 bits per heavy atom. The zero-order valence-corrected chi connectivity index (χ0v) is 8.73. The van der Waals surface area contributed by atoms with Crippen LogP contribution in [-0.4, -0.2) is 17.9 Å². The Kier molecular flexibility index (Phi) is 2.41. The number of hydrogen-bond acceptors (Lipinski definition) is 3. The lowest BCUT2D eigenvalue weighted by molar-refractivity contribution is -0.118. The summed E-state index contributed by atoms with van der Waals surface area (Å²) >= 11 is 0. The number of carbonyl (C=O) groups is 1. The molecule has 15 heavy (non-hydrogen) atoms. The van der Waals surface area contributed by atoms with Gasteiger partial charge in [0.2, 0.25) is 5.91 Å². The Morgan fingerprint density at radius 1 is 1.47 bits per heavy atom. The van der Waals surface area contributed by atoms with Crippen molar-refractivity contribution in [3.63, 3.8) is 0 Å². The number of anilines is 1. The molecule has 2 rings (SSSR count). The topological polar surface area (TPSA) is 46.3 Å². The van der Waals surface area contributed by atoms with E-state index in [1.54, 1.807) is 7.05 Å². The van der Waals surface area contributed by atoms with E-state index in [0.29, 0.717) is 18.0 Å². The van der Waals surface area contributed by atoms with Gasteiger partial charge in [-0.25, -0.2) is 0 Å². The van der Waals surface area contributed by atoms with Gasteiger partial charge in [-0.3, -0.25) is 9.69 Å². The highest BCUT2D eigenvalue weighted by atomic mass is 16.4. The number of fused-ring (bicyclic) bond motifs is 1. The van der Waals surface area contributed by atoms with Crippen molar-refractivity contribution >= 4 is 23.0 Å². The van der Waals surface area contributed by atoms with Gasteiger partial charge in [-0.05, 0) is 12.1 Å². The first-order valence-corrected chi connectivity index (χ1v) is 4.84. The molecule has 0 aliphatic heterocycles. The van der Waals surface area contributed by atoms with Gasteiger partial charge < -0.3 is 4.42 Å². The van der Waals surface area contributed by atoms with Crippen molar-refractivity contribution in [1.29, 1.82) is 0 Å². The highest BCUT2D eigenvalue weighted by Crippen LogP contribution is 2.20. The summed E-state index contributed by atoms with van der Waals surface area (Å²) in [7, 11) is 1.66. The zero-order chi connectivity index (χ0) is 10.8. The van der Waals surface area contributed by atoms with Crippen molar-refractivity contribution in [2.75, 3.05) is 11.9 Å². The number of hydrogen-bond donors (Lipinski definition) is 0. The molecule has 4 heteroatoms. The molecule has 0 fully saturated rings. The van der Waals surface area contributed by atoms with Gasteiger partial charge in [0.1, 0.15) is 5.52 Å². The van der Waals surface area contributed by atoms with Crippen LogP contribution >= 0.6 is 0 Å². The monoisotopic (exact) mass is 204 g/mol. The largest absolute Gasteiger partial charge is 0.423 e. The van der Waals surface area contributed by atoms with E-state index in [-0.39, 0.29) is 5.91 Å². The molecule has 0 bridgehead atoms. The average molecular weight is 204 g/mol. The third kappa shape index (κ3) is 1.70. The van der Waals surface area contributed by atoms with Gasteiger partial charge in [0.25, 0.3) is 0 Å². The van der Waals surface area contributed by atoms with Crippen LogP contribution in [0.25, 0.3) is 11.1 Å². The summed E-state index contributed by atoms with van der Waals surface area (Å²) in [6.07, 6.45) is 0.440. The Bertz CT molecular complexity index is 457. The summed E-state index contributed by atoms with van der Waals surface area (Å²) in [5.74, 6) is -0.0124. The lowest BCUT2D eigenvalue weighted by Crippen LogP contribution is -2.25. The number of nitrogens with zero attached hydrogens (tertiary/aromatic N) is 2. The first kappa shape index (κ1) is 9.71. The fourth-order valence-corrected chi connectivity index (χ4v) is 1.35. The number of aromatic nitrogens is 1. The molecule has 0 aliphatic rings. The van der Waals surface area contributed by atoms with E-state index in [1.165, 1.54) is 4.90 Å². The molecule has 2 aromatic rings. The molecular formula is C11H12N2O2. The second kappa shape index (κ2) is 3.73. The predicted molar refractivity (Wildman–Crippen MR) is 57.7 cm³/mol. The van der Waals surface area contributed by atoms with Crippen LogP contribution in [0.4, 0.5) is 6.01 Å². The van der Waals surface area contributed by atoms with E-state index in [1.807, 2.05) is 31.2 Å². The van der Waals surface area contributed by atoms with Crippen LogP contribution in [0.2, 0.25) is 0 Å². The second-order valence-electron chi connectivity index (χ2n) is 3.27. The van der Waals surface area contributed by atoms with Gasteiger partial charge in [0.15, 0.2) is 5.58 Å². The molecule has 0 radical (unpaired) electrons. The van der Waals surface area contributed by atoms with Crippen LogP contribution in [0, 0.1) is 0 Å². The molecule has 0 saturated heterocycles. The Morgan fingerprint density at radius 3 is 2.87 bits per heavy atom. The minimum Gasteiger partial charge on any atom is -0.423 e. The van der Waals surface area contributed by atoms with Crippen LogP contribution in [0.15, 0.2) is 28.7 Å². The Labute approximate surface area is 87.5 Å². The zero-order valence-electron chi connectivity index (χ0n) is 8.73. The Hall–Kier alpha value is -1.84. The number of para-hydroxylation sites is 2. The summed E-state index contributed by atoms with van der Waals surface area (Å²) < 4.78 is 5.45. The SMILES string of the molecule is CCC(=O)N(C)c1nc2ccccc2o1. The van der Waals surface area contributed by atoms with Gasteiger partial charge >= 0.3 is 6.01 Å². The van der Waals surface area contributed by atoms with Gasteiger partial charge in [-0.1, -0.05) is 19.1 Å². The molecule has 78 valence electrons. The molecule has 1 amide bonds. The summed E-state index contributed by atoms with van der Waals surface area (Å²) in [5.41, 5.74) is 1.46. The molecule has 1 aromatic heterocycles. The second-order valence-corrected chi connectivity index (χ2v) is 3.27. The molecule has 4 nitrogen and oxygen atoms in total. The van der Waals surface area contributed by atoms with Crippen LogP contribution in [-0.2, 0) is 4.79 Å². The molecule has 0 aliphatic carbocycles. The van der Waals surface area contributed by atoms with E-state index in [2.05, 4.69) is 4.98 Å². The number of amides is 1. The Balaban J connectivity index is 2.40. The van der Waals surface area contributed by atoms with E-state index < -0.39 is 0 Å². The number of benzene rings is 1. The highest BCUT2D eigenvalue weighted by Gasteiger charge is 2.14. The van der Waals surface area contributed by atoms with Gasteiger partial charge in [0, 0.05) is 13.5 Å². The fourth-order valence-electron chi connectivity index (χ4n) is 1.35. The van der Waals surface area contributed by atoms with Crippen molar-refractivity contribution in [2.24, 2.45) is 0 Å². The van der Waals surface area contributed by atoms with Crippen molar-refractivity contribution in [3.05, 3.63) is 24.3 Å². The quantitative estimate of drug-likeness (QED) is 0.753. The lowest BCUT2D eigenvalue weighted by Gasteiger charge is -2.09. The first-order chi connectivity index (χ1) is 7.22. The predicted octanol–water partition coefficient (Wildman–Crippen LogP) is 2.20. The van der Waals surface area contributed by atoms with Crippen molar-refractivity contribution in [1.82, 2.24) is 4.98 Å². The minimum atomic E-state index is -0.0124. The molecule has 1 aromatic carbocycles. The third-order valence-electron chi connectivity index (χ3n) is 2.25. The average Bonchev–Trinajstić information content (AvgIpc) is 2.70. The maximum Gasteiger partial charge on any atom is 0.304 e. The number of carbonyl (C=O) groups excluding carboxylic acids is 1. The van der Waals surface area contributed by atoms with E-state index >= 15 is 0 Å². The normalized spacial score (nSPS) is 10.5. The maximum absolute atomic E-state index is 11.4. The van der Waals surface area contributed by atoms with Gasteiger partial charge in [-0.15, -0.1) is 0 Å². The smallest absolute Gasteiger partial charge is 0.304 e.